The van der Waals surface area contributed by atoms with Crippen molar-refractivity contribution in [2.75, 3.05) is 7.11 Å². The van der Waals surface area contributed by atoms with Gasteiger partial charge in [0.2, 0.25) is 0 Å². The van der Waals surface area contributed by atoms with Gasteiger partial charge in [-0.1, -0.05) is 0 Å². The lowest BCUT2D eigenvalue weighted by molar-refractivity contribution is 0.415. The molecular formula is C13H9IN2O2. The third kappa shape index (κ3) is 1.74. The fourth-order valence-corrected chi connectivity index (χ4v) is 2.34. The van der Waals surface area contributed by atoms with Gasteiger partial charge in [0.25, 0.3) is 5.56 Å². The number of hydrogen-bond acceptors (Lipinski definition) is 3. The molecule has 0 saturated carbocycles. The number of hydrogen-bond donors (Lipinski definition) is 0. The molecule has 0 aliphatic heterocycles. The Kier molecular flexibility index (Phi) is 2.70. The van der Waals surface area contributed by atoms with Crippen LogP contribution in [0.15, 0.2) is 41.3 Å². The van der Waals surface area contributed by atoms with Crippen molar-refractivity contribution in [1.29, 1.82) is 0 Å². The third-order valence-corrected chi connectivity index (χ3v) is 3.42. The number of pyridine rings is 1. The molecule has 5 heteroatoms. The van der Waals surface area contributed by atoms with E-state index in [9.17, 15) is 4.79 Å². The second-order valence-corrected chi connectivity index (χ2v) is 5.12. The van der Waals surface area contributed by atoms with Crippen LogP contribution in [0, 0.1) is 3.57 Å². The molecule has 0 N–H and O–H groups in total. The van der Waals surface area contributed by atoms with E-state index in [-0.39, 0.29) is 5.56 Å². The molecule has 0 aliphatic rings. The van der Waals surface area contributed by atoms with Crippen molar-refractivity contribution in [3.8, 4) is 5.75 Å². The van der Waals surface area contributed by atoms with Crippen molar-refractivity contribution in [2.24, 2.45) is 0 Å². The Morgan fingerprint density at radius 3 is 2.89 bits per heavy atom. The molecule has 4 nitrogen and oxygen atoms in total. The first-order valence-corrected chi connectivity index (χ1v) is 6.42. The minimum Gasteiger partial charge on any atom is -0.497 e. The SMILES string of the molecule is COc1ccc2nc3ccc(I)cn3c(=O)c2c1. The summed E-state index contributed by atoms with van der Waals surface area (Å²) in [5, 5.41) is 0.564. The van der Waals surface area contributed by atoms with Gasteiger partial charge in [-0.3, -0.25) is 9.20 Å². The van der Waals surface area contributed by atoms with Crippen molar-refractivity contribution in [2.45, 2.75) is 0 Å². The fraction of sp³-hybridized carbons (Fsp3) is 0.0769. The number of benzene rings is 1. The first-order valence-electron chi connectivity index (χ1n) is 5.35. The van der Waals surface area contributed by atoms with E-state index in [1.807, 2.05) is 12.1 Å². The predicted octanol–water partition coefficient (Wildman–Crippen LogP) is 2.46. The molecule has 0 saturated heterocycles. The van der Waals surface area contributed by atoms with Crippen LogP contribution in [0.2, 0.25) is 0 Å². The summed E-state index contributed by atoms with van der Waals surface area (Å²) in [7, 11) is 1.58. The molecule has 0 radical (unpaired) electrons. The molecule has 0 bridgehead atoms. The Morgan fingerprint density at radius 1 is 1.28 bits per heavy atom. The van der Waals surface area contributed by atoms with Crippen LogP contribution in [-0.4, -0.2) is 16.5 Å². The Hall–Kier alpha value is -1.63. The number of aromatic nitrogens is 2. The van der Waals surface area contributed by atoms with Gasteiger partial charge >= 0.3 is 0 Å². The number of halogens is 1. The minimum atomic E-state index is -0.0765. The van der Waals surface area contributed by atoms with Crippen LogP contribution in [0.1, 0.15) is 0 Å². The summed E-state index contributed by atoms with van der Waals surface area (Å²) in [5.74, 6) is 0.659. The van der Waals surface area contributed by atoms with Crippen LogP contribution in [0.3, 0.4) is 0 Å². The summed E-state index contributed by atoms with van der Waals surface area (Å²) in [6.45, 7) is 0. The van der Waals surface area contributed by atoms with Crippen molar-refractivity contribution >= 4 is 39.1 Å². The Morgan fingerprint density at radius 2 is 2.11 bits per heavy atom. The van der Waals surface area contributed by atoms with Crippen molar-refractivity contribution < 1.29 is 4.74 Å². The lowest BCUT2D eigenvalue weighted by Crippen LogP contribution is -2.15. The van der Waals surface area contributed by atoms with Gasteiger partial charge in [0.15, 0.2) is 0 Å². The largest absolute Gasteiger partial charge is 0.497 e. The van der Waals surface area contributed by atoms with E-state index in [0.29, 0.717) is 22.3 Å². The summed E-state index contributed by atoms with van der Waals surface area (Å²) in [6, 6.07) is 9.09. The van der Waals surface area contributed by atoms with Crippen LogP contribution >= 0.6 is 22.6 Å². The highest BCUT2D eigenvalue weighted by molar-refractivity contribution is 14.1. The zero-order valence-corrected chi connectivity index (χ0v) is 11.7. The topological polar surface area (TPSA) is 43.6 Å². The van der Waals surface area contributed by atoms with Crippen LogP contribution < -0.4 is 10.3 Å². The predicted molar refractivity (Wildman–Crippen MR) is 78.2 cm³/mol. The summed E-state index contributed by atoms with van der Waals surface area (Å²) in [6.07, 6.45) is 1.78. The van der Waals surface area contributed by atoms with E-state index in [2.05, 4.69) is 27.6 Å². The molecule has 0 aliphatic carbocycles. The molecule has 18 heavy (non-hydrogen) atoms. The molecule has 3 rings (SSSR count). The first-order chi connectivity index (χ1) is 8.69. The maximum atomic E-state index is 12.4. The zero-order valence-electron chi connectivity index (χ0n) is 9.55. The summed E-state index contributed by atoms with van der Waals surface area (Å²) in [4.78, 5) is 16.8. The minimum absolute atomic E-state index is 0.0765. The van der Waals surface area contributed by atoms with E-state index in [1.165, 1.54) is 0 Å². The molecule has 90 valence electrons. The zero-order chi connectivity index (χ0) is 12.7. The summed E-state index contributed by atoms with van der Waals surface area (Å²) in [5.41, 5.74) is 1.26. The van der Waals surface area contributed by atoms with Gasteiger partial charge in [0, 0.05) is 9.77 Å². The van der Waals surface area contributed by atoms with E-state index in [4.69, 9.17) is 4.74 Å². The Labute approximate surface area is 116 Å². The highest BCUT2D eigenvalue weighted by Gasteiger charge is 2.06. The van der Waals surface area contributed by atoms with E-state index < -0.39 is 0 Å². The first kappa shape index (κ1) is 11.5. The molecule has 0 atom stereocenters. The van der Waals surface area contributed by atoms with Gasteiger partial charge in [-0.2, -0.15) is 0 Å². The second kappa shape index (κ2) is 4.24. The number of methoxy groups -OCH3 is 1. The molecule has 1 aromatic carbocycles. The molecule has 0 amide bonds. The Balaban J connectivity index is 2.49. The smallest absolute Gasteiger partial charge is 0.265 e. The van der Waals surface area contributed by atoms with Gasteiger partial charge in [0.05, 0.1) is 18.0 Å². The standard InChI is InChI=1S/C13H9IN2O2/c1-18-9-3-4-11-10(6-9)13(17)16-7-8(14)2-5-12(16)15-11/h2-7H,1H3. The molecule has 0 fully saturated rings. The quantitative estimate of drug-likeness (QED) is 0.499. The van der Waals surface area contributed by atoms with Gasteiger partial charge in [-0.15, -0.1) is 0 Å². The fourth-order valence-electron chi connectivity index (χ4n) is 1.88. The number of ether oxygens (including phenoxy) is 1. The molecular weight excluding hydrogens is 343 g/mol. The maximum absolute atomic E-state index is 12.4. The summed E-state index contributed by atoms with van der Waals surface area (Å²) < 4.78 is 7.69. The van der Waals surface area contributed by atoms with Crippen LogP contribution in [0.25, 0.3) is 16.6 Å². The Bertz CT molecular complexity index is 811. The average Bonchev–Trinajstić information content (AvgIpc) is 2.40. The average molecular weight is 352 g/mol. The van der Waals surface area contributed by atoms with Crippen LogP contribution in [0.5, 0.6) is 5.75 Å². The number of rotatable bonds is 1. The van der Waals surface area contributed by atoms with Gasteiger partial charge < -0.3 is 4.74 Å². The van der Waals surface area contributed by atoms with Crippen molar-refractivity contribution in [3.63, 3.8) is 0 Å². The van der Waals surface area contributed by atoms with Crippen molar-refractivity contribution in [3.05, 3.63) is 50.5 Å². The molecule has 2 aromatic heterocycles. The lowest BCUT2D eigenvalue weighted by atomic mass is 10.2. The second-order valence-electron chi connectivity index (χ2n) is 3.88. The molecule has 0 spiro atoms. The van der Waals surface area contributed by atoms with Gasteiger partial charge in [0.1, 0.15) is 11.4 Å². The van der Waals surface area contributed by atoms with E-state index in [0.717, 1.165) is 3.57 Å². The van der Waals surface area contributed by atoms with Crippen LogP contribution in [-0.2, 0) is 0 Å². The van der Waals surface area contributed by atoms with E-state index in [1.54, 1.807) is 35.9 Å². The van der Waals surface area contributed by atoms with Crippen LogP contribution in [0.4, 0.5) is 0 Å². The number of nitrogens with zero attached hydrogens (tertiary/aromatic N) is 2. The summed E-state index contributed by atoms with van der Waals surface area (Å²) >= 11 is 2.17. The molecule has 0 unspecified atom stereocenters. The monoisotopic (exact) mass is 352 g/mol. The lowest BCUT2D eigenvalue weighted by Gasteiger charge is -2.05. The highest BCUT2D eigenvalue weighted by atomic mass is 127. The van der Waals surface area contributed by atoms with Gasteiger partial charge in [-0.05, 0) is 52.9 Å². The van der Waals surface area contributed by atoms with Gasteiger partial charge in [-0.25, -0.2) is 4.98 Å². The third-order valence-electron chi connectivity index (χ3n) is 2.78. The normalized spacial score (nSPS) is 11.0. The van der Waals surface area contributed by atoms with E-state index >= 15 is 0 Å². The maximum Gasteiger partial charge on any atom is 0.265 e. The molecule has 2 heterocycles. The highest BCUT2D eigenvalue weighted by Crippen LogP contribution is 2.17. The molecule has 3 aromatic rings. The number of fused-ring (bicyclic) bond motifs is 2. The van der Waals surface area contributed by atoms with Crippen molar-refractivity contribution in [1.82, 2.24) is 9.38 Å².